The molecule has 0 aliphatic carbocycles. The Morgan fingerprint density at radius 3 is 2.68 bits per heavy atom. The number of thiazole rings is 1. The molecule has 4 aromatic rings. The molecule has 2 aromatic heterocycles. The SMILES string of the molecule is Cc1ccc2nc(NC(=O)C(C)n3nc(-c4ccccc4)ccc3=O)sc2c1. The first-order valence-electron chi connectivity index (χ1n) is 8.84. The van der Waals surface area contributed by atoms with Gasteiger partial charge in [0.05, 0.1) is 15.9 Å². The van der Waals surface area contributed by atoms with E-state index in [1.807, 2.05) is 55.5 Å². The molecule has 2 heterocycles. The van der Waals surface area contributed by atoms with Crippen LogP contribution in [0.5, 0.6) is 0 Å². The molecule has 1 N–H and O–H groups in total. The number of hydrogen-bond acceptors (Lipinski definition) is 5. The van der Waals surface area contributed by atoms with E-state index in [1.165, 1.54) is 22.1 Å². The summed E-state index contributed by atoms with van der Waals surface area (Å²) in [5.74, 6) is -0.337. The van der Waals surface area contributed by atoms with Gasteiger partial charge in [0.2, 0.25) is 0 Å². The van der Waals surface area contributed by atoms with Gasteiger partial charge in [0, 0.05) is 11.6 Å². The molecule has 1 amide bonds. The molecule has 140 valence electrons. The highest BCUT2D eigenvalue weighted by atomic mass is 32.1. The van der Waals surface area contributed by atoms with Gasteiger partial charge < -0.3 is 5.32 Å². The summed E-state index contributed by atoms with van der Waals surface area (Å²) < 4.78 is 2.21. The summed E-state index contributed by atoms with van der Waals surface area (Å²) in [6.07, 6.45) is 0. The summed E-state index contributed by atoms with van der Waals surface area (Å²) in [4.78, 5) is 29.4. The Bertz CT molecular complexity index is 1210. The first-order chi connectivity index (χ1) is 13.5. The van der Waals surface area contributed by atoms with Crippen LogP contribution in [0.2, 0.25) is 0 Å². The number of nitrogens with one attached hydrogen (secondary N) is 1. The topological polar surface area (TPSA) is 76.9 Å². The van der Waals surface area contributed by atoms with Crippen LogP contribution >= 0.6 is 11.3 Å². The van der Waals surface area contributed by atoms with Crippen LogP contribution in [0.15, 0.2) is 65.5 Å². The van der Waals surface area contributed by atoms with Crippen LogP contribution in [0.4, 0.5) is 5.13 Å². The summed E-state index contributed by atoms with van der Waals surface area (Å²) in [5.41, 5.74) is 3.15. The Kier molecular flexibility index (Phi) is 4.75. The van der Waals surface area contributed by atoms with Gasteiger partial charge in [-0.2, -0.15) is 5.10 Å². The molecule has 0 saturated carbocycles. The maximum absolute atomic E-state index is 12.7. The van der Waals surface area contributed by atoms with Gasteiger partial charge in [0.1, 0.15) is 6.04 Å². The summed E-state index contributed by atoms with van der Waals surface area (Å²) >= 11 is 1.41. The third kappa shape index (κ3) is 3.57. The third-order valence-corrected chi connectivity index (χ3v) is 5.35. The van der Waals surface area contributed by atoms with Crippen LogP contribution in [0.1, 0.15) is 18.5 Å². The Labute approximate surface area is 165 Å². The lowest BCUT2D eigenvalue weighted by Gasteiger charge is -2.14. The Morgan fingerprint density at radius 2 is 1.89 bits per heavy atom. The van der Waals surface area contributed by atoms with E-state index >= 15 is 0 Å². The normalized spacial score (nSPS) is 12.1. The van der Waals surface area contributed by atoms with Crippen molar-refractivity contribution >= 4 is 32.6 Å². The van der Waals surface area contributed by atoms with Gasteiger partial charge >= 0.3 is 0 Å². The third-order valence-electron chi connectivity index (χ3n) is 4.41. The Morgan fingerprint density at radius 1 is 1.11 bits per heavy atom. The molecule has 0 aliphatic rings. The molecule has 4 rings (SSSR count). The van der Waals surface area contributed by atoms with E-state index in [4.69, 9.17) is 0 Å². The fraction of sp³-hybridized carbons (Fsp3) is 0.143. The van der Waals surface area contributed by atoms with Gasteiger partial charge in [0.25, 0.3) is 11.5 Å². The highest BCUT2D eigenvalue weighted by Gasteiger charge is 2.19. The van der Waals surface area contributed by atoms with E-state index in [0.717, 1.165) is 21.3 Å². The van der Waals surface area contributed by atoms with Gasteiger partial charge in [-0.15, -0.1) is 0 Å². The number of carbonyl (C=O) groups excluding carboxylic acids is 1. The molecule has 6 nitrogen and oxygen atoms in total. The number of benzene rings is 2. The van der Waals surface area contributed by atoms with Gasteiger partial charge in [-0.1, -0.05) is 47.7 Å². The molecule has 2 aromatic carbocycles. The minimum atomic E-state index is -0.773. The standard InChI is InChI=1S/C21H18N4O2S/c1-13-8-9-17-18(12-13)28-21(22-17)23-20(27)14(2)25-19(26)11-10-16(24-25)15-6-4-3-5-7-15/h3-12,14H,1-2H3,(H,22,23,27). The number of carbonyl (C=O) groups is 1. The molecular weight excluding hydrogens is 372 g/mol. The first-order valence-corrected chi connectivity index (χ1v) is 9.66. The molecule has 1 atom stereocenters. The van der Waals surface area contributed by atoms with Crippen molar-refractivity contribution in [2.45, 2.75) is 19.9 Å². The highest BCUT2D eigenvalue weighted by molar-refractivity contribution is 7.22. The van der Waals surface area contributed by atoms with Gasteiger partial charge in [-0.05, 0) is 37.6 Å². The maximum Gasteiger partial charge on any atom is 0.267 e. The van der Waals surface area contributed by atoms with Crippen molar-refractivity contribution in [2.24, 2.45) is 0 Å². The fourth-order valence-electron chi connectivity index (χ4n) is 2.87. The van der Waals surface area contributed by atoms with Gasteiger partial charge in [-0.3, -0.25) is 9.59 Å². The van der Waals surface area contributed by atoms with Crippen LogP contribution in [-0.2, 0) is 4.79 Å². The van der Waals surface area contributed by atoms with E-state index in [-0.39, 0.29) is 11.5 Å². The lowest BCUT2D eigenvalue weighted by atomic mass is 10.1. The lowest BCUT2D eigenvalue weighted by molar-refractivity contribution is -0.119. The predicted molar refractivity (Wildman–Crippen MR) is 112 cm³/mol. The summed E-state index contributed by atoms with van der Waals surface area (Å²) in [6, 6.07) is 17.8. The molecule has 0 radical (unpaired) electrons. The number of aromatic nitrogens is 3. The summed E-state index contributed by atoms with van der Waals surface area (Å²) in [6.45, 7) is 3.66. The maximum atomic E-state index is 12.7. The number of nitrogens with zero attached hydrogens (tertiary/aromatic N) is 3. The molecular formula is C21H18N4O2S. The van der Waals surface area contributed by atoms with E-state index < -0.39 is 6.04 Å². The monoisotopic (exact) mass is 390 g/mol. The molecule has 0 spiro atoms. The van der Waals surface area contributed by atoms with Crippen molar-refractivity contribution in [3.63, 3.8) is 0 Å². The van der Waals surface area contributed by atoms with Gasteiger partial charge in [-0.25, -0.2) is 9.67 Å². The Hall–Kier alpha value is -3.32. The largest absolute Gasteiger partial charge is 0.300 e. The van der Waals surface area contributed by atoms with Crippen molar-refractivity contribution in [1.29, 1.82) is 0 Å². The van der Waals surface area contributed by atoms with E-state index in [0.29, 0.717) is 10.8 Å². The predicted octanol–water partition coefficient (Wildman–Crippen LogP) is 4.03. The van der Waals surface area contributed by atoms with Crippen molar-refractivity contribution in [3.8, 4) is 11.3 Å². The summed E-state index contributed by atoms with van der Waals surface area (Å²) in [7, 11) is 0. The van der Waals surface area contributed by atoms with E-state index in [2.05, 4.69) is 15.4 Å². The number of aryl methyl sites for hydroxylation is 1. The van der Waals surface area contributed by atoms with Crippen LogP contribution in [0.3, 0.4) is 0 Å². The molecule has 0 saturated heterocycles. The van der Waals surface area contributed by atoms with Gasteiger partial charge in [0.15, 0.2) is 5.13 Å². The molecule has 0 bridgehead atoms. The number of anilines is 1. The smallest absolute Gasteiger partial charge is 0.267 e. The second kappa shape index (κ2) is 7.36. The zero-order valence-electron chi connectivity index (χ0n) is 15.4. The zero-order valence-corrected chi connectivity index (χ0v) is 16.2. The van der Waals surface area contributed by atoms with Crippen LogP contribution < -0.4 is 10.9 Å². The zero-order chi connectivity index (χ0) is 19.7. The second-order valence-corrected chi connectivity index (χ2v) is 7.55. The van der Waals surface area contributed by atoms with Crippen molar-refractivity contribution in [1.82, 2.24) is 14.8 Å². The van der Waals surface area contributed by atoms with Crippen LogP contribution in [-0.4, -0.2) is 20.7 Å². The number of fused-ring (bicyclic) bond motifs is 1. The number of hydrogen-bond donors (Lipinski definition) is 1. The van der Waals surface area contributed by atoms with Crippen molar-refractivity contribution in [3.05, 3.63) is 76.6 Å². The molecule has 28 heavy (non-hydrogen) atoms. The highest BCUT2D eigenvalue weighted by Crippen LogP contribution is 2.27. The minimum absolute atomic E-state index is 0.331. The van der Waals surface area contributed by atoms with E-state index in [1.54, 1.807) is 13.0 Å². The lowest BCUT2D eigenvalue weighted by Crippen LogP contribution is -2.33. The Balaban J connectivity index is 1.60. The van der Waals surface area contributed by atoms with Crippen molar-refractivity contribution in [2.75, 3.05) is 5.32 Å². The average Bonchev–Trinajstić information content (AvgIpc) is 3.09. The molecule has 1 unspecified atom stereocenters. The quantitative estimate of drug-likeness (QED) is 0.571. The van der Waals surface area contributed by atoms with E-state index in [9.17, 15) is 9.59 Å². The second-order valence-electron chi connectivity index (χ2n) is 6.52. The first kappa shape index (κ1) is 18.1. The van der Waals surface area contributed by atoms with Crippen LogP contribution in [0.25, 0.3) is 21.5 Å². The average molecular weight is 390 g/mol. The fourth-order valence-corrected chi connectivity index (χ4v) is 3.84. The summed E-state index contributed by atoms with van der Waals surface area (Å²) in [5, 5.41) is 7.69. The number of amides is 1. The van der Waals surface area contributed by atoms with Crippen LogP contribution in [0, 0.1) is 6.92 Å². The molecule has 0 aliphatic heterocycles. The number of rotatable bonds is 4. The minimum Gasteiger partial charge on any atom is -0.300 e. The molecule has 7 heteroatoms. The molecule has 0 fully saturated rings. The van der Waals surface area contributed by atoms with Crippen molar-refractivity contribution < 1.29 is 4.79 Å².